The Morgan fingerprint density at radius 3 is 2.50 bits per heavy atom. The number of aryl methyl sites for hydroxylation is 2. The Balaban J connectivity index is 2.25. The zero-order chi connectivity index (χ0) is 18.7. The minimum Gasteiger partial charge on any atom is -0.494 e. The van der Waals surface area contributed by atoms with E-state index < -0.39 is 11.4 Å². The monoisotopic (exact) mass is 344 g/mol. The van der Waals surface area contributed by atoms with Crippen molar-refractivity contribution in [3.8, 4) is 23.1 Å². The lowest BCUT2D eigenvalue weighted by Crippen LogP contribution is -2.08. The summed E-state index contributed by atoms with van der Waals surface area (Å²) in [5.74, 6) is -0.484. The number of benzene rings is 2. The zero-order valence-electron chi connectivity index (χ0n) is 14.3. The number of rotatable bonds is 3. The third-order valence-electron chi connectivity index (χ3n) is 3.97. The minimum absolute atomic E-state index is 0.0218. The SMILES string of the molecule is Cc1ccc(C)c(N=Nc2c(-c3ccccc3)c(C#N)c(O)[nH]c2=O)c1. The molecule has 0 fully saturated rings. The fourth-order valence-corrected chi connectivity index (χ4v) is 2.60. The predicted molar refractivity (Wildman–Crippen MR) is 99.0 cm³/mol. The third kappa shape index (κ3) is 3.23. The van der Waals surface area contributed by atoms with Gasteiger partial charge >= 0.3 is 0 Å². The van der Waals surface area contributed by atoms with Crippen molar-refractivity contribution in [2.24, 2.45) is 10.2 Å². The highest BCUT2D eigenvalue weighted by molar-refractivity contribution is 5.82. The van der Waals surface area contributed by atoms with Crippen LogP contribution in [0.1, 0.15) is 16.7 Å². The Morgan fingerprint density at radius 1 is 1.08 bits per heavy atom. The van der Waals surface area contributed by atoms with Crippen LogP contribution in [-0.2, 0) is 0 Å². The molecule has 0 amide bonds. The van der Waals surface area contributed by atoms with E-state index in [0.29, 0.717) is 11.3 Å². The van der Waals surface area contributed by atoms with Gasteiger partial charge in [0.2, 0.25) is 5.88 Å². The van der Waals surface area contributed by atoms with Crippen molar-refractivity contribution < 1.29 is 5.11 Å². The smallest absolute Gasteiger partial charge is 0.279 e. The van der Waals surface area contributed by atoms with Crippen LogP contribution in [-0.4, -0.2) is 10.1 Å². The van der Waals surface area contributed by atoms with Gasteiger partial charge in [-0.3, -0.25) is 9.78 Å². The Morgan fingerprint density at radius 2 is 1.81 bits per heavy atom. The van der Waals surface area contributed by atoms with Crippen molar-refractivity contribution in [1.82, 2.24) is 4.98 Å². The Kier molecular flexibility index (Phi) is 4.63. The van der Waals surface area contributed by atoms with E-state index in [-0.39, 0.29) is 16.8 Å². The summed E-state index contributed by atoms with van der Waals surface area (Å²) in [6.45, 7) is 3.84. The minimum atomic E-state index is -0.616. The van der Waals surface area contributed by atoms with Gasteiger partial charge in [-0.2, -0.15) is 10.4 Å². The summed E-state index contributed by atoms with van der Waals surface area (Å²) in [6, 6.07) is 16.5. The molecule has 0 saturated carbocycles. The van der Waals surface area contributed by atoms with Crippen molar-refractivity contribution in [2.45, 2.75) is 13.8 Å². The molecular formula is C20H16N4O2. The molecule has 128 valence electrons. The highest BCUT2D eigenvalue weighted by atomic mass is 16.3. The first-order valence-corrected chi connectivity index (χ1v) is 7.95. The van der Waals surface area contributed by atoms with Crippen molar-refractivity contribution in [2.75, 3.05) is 0 Å². The number of aromatic nitrogens is 1. The fourth-order valence-electron chi connectivity index (χ4n) is 2.60. The van der Waals surface area contributed by atoms with Gasteiger partial charge in [0.1, 0.15) is 11.6 Å². The summed E-state index contributed by atoms with van der Waals surface area (Å²) in [7, 11) is 0. The second-order valence-corrected chi connectivity index (χ2v) is 5.87. The van der Waals surface area contributed by atoms with Crippen molar-refractivity contribution >= 4 is 11.4 Å². The summed E-state index contributed by atoms with van der Waals surface area (Å²) >= 11 is 0. The average Bonchev–Trinajstić information content (AvgIpc) is 2.63. The first-order valence-electron chi connectivity index (χ1n) is 7.95. The molecule has 3 rings (SSSR count). The molecule has 1 heterocycles. The van der Waals surface area contributed by atoms with Crippen LogP contribution in [0, 0.1) is 25.2 Å². The quantitative estimate of drug-likeness (QED) is 0.676. The van der Waals surface area contributed by atoms with E-state index in [1.54, 1.807) is 24.3 Å². The van der Waals surface area contributed by atoms with Crippen molar-refractivity contribution in [3.63, 3.8) is 0 Å². The lowest BCUT2D eigenvalue weighted by atomic mass is 10.00. The number of azo groups is 1. The first kappa shape index (κ1) is 17.1. The molecule has 0 radical (unpaired) electrons. The van der Waals surface area contributed by atoms with Gasteiger partial charge in [0.15, 0.2) is 5.69 Å². The van der Waals surface area contributed by atoms with Crippen molar-refractivity contribution in [3.05, 3.63) is 75.6 Å². The summed E-state index contributed by atoms with van der Waals surface area (Å²) in [4.78, 5) is 14.7. The van der Waals surface area contributed by atoms with E-state index in [1.165, 1.54) is 0 Å². The van der Waals surface area contributed by atoms with Gasteiger partial charge in [-0.15, -0.1) is 5.11 Å². The summed E-state index contributed by atoms with van der Waals surface area (Å²) in [6.07, 6.45) is 0. The maximum absolute atomic E-state index is 12.4. The highest BCUT2D eigenvalue weighted by Gasteiger charge is 2.19. The van der Waals surface area contributed by atoms with Crippen LogP contribution in [0.5, 0.6) is 5.88 Å². The number of nitriles is 1. The summed E-state index contributed by atoms with van der Waals surface area (Å²) in [5.41, 5.74) is 2.73. The number of hydrogen-bond acceptors (Lipinski definition) is 5. The molecule has 2 aromatic carbocycles. The molecule has 0 saturated heterocycles. The van der Waals surface area contributed by atoms with Gasteiger partial charge in [0.25, 0.3) is 5.56 Å². The lowest BCUT2D eigenvalue weighted by Gasteiger charge is -2.08. The lowest BCUT2D eigenvalue weighted by molar-refractivity contribution is 0.450. The van der Waals surface area contributed by atoms with E-state index >= 15 is 0 Å². The van der Waals surface area contributed by atoms with Crippen LogP contribution in [0.25, 0.3) is 11.1 Å². The topological polar surface area (TPSA) is 102 Å². The van der Waals surface area contributed by atoms with Gasteiger partial charge in [0, 0.05) is 5.56 Å². The number of hydrogen-bond donors (Lipinski definition) is 2. The molecule has 2 N–H and O–H groups in total. The molecule has 0 aliphatic carbocycles. The number of H-pyrrole nitrogens is 1. The Bertz CT molecular complexity index is 1090. The number of aromatic amines is 1. The molecule has 1 aromatic heterocycles. The van der Waals surface area contributed by atoms with Crippen LogP contribution >= 0.6 is 0 Å². The third-order valence-corrected chi connectivity index (χ3v) is 3.97. The van der Waals surface area contributed by atoms with E-state index in [1.807, 2.05) is 44.2 Å². The number of nitrogens with one attached hydrogen (secondary N) is 1. The fraction of sp³-hybridized carbons (Fsp3) is 0.100. The molecule has 26 heavy (non-hydrogen) atoms. The van der Waals surface area contributed by atoms with Crippen molar-refractivity contribution in [1.29, 1.82) is 5.26 Å². The number of pyridine rings is 1. The molecule has 0 bridgehead atoms. The zero-order valence-corrected chi connectivity index (χ0v) is 14.3. The second-order valence-electron chi connectivity index (χ2n) is 5.87. The standard InChI is InChI=1S/C20H16N4O2/c1-12-8-9-13(2)16(10-12)23-24-18-17(14-6-4-3-5-7-14)15(11-21)19(25)22-20(18)26/h3-10H,1-2H3,(H2,22,25,26). The predicted octanol–water partition coefficient (Wildman–Crippen LogP) is 4.65. The van der Waals surface area contributed by atoms with E-state index in [2.05, 4.69) is 15.2 Å². The maximum Gasteiger partial charge on any atom is 0.279 e. The first-order chi connectivity index (χ1) is 12.5. The molecule has 0 aliphatic heterocycles. The van der Waals surface area contributed by atoms with Crippen LogP contribution in [0.15, 0.2) is 63.6 Å². The Hall–Kier alpha value is -3.72. The summed E-state index contributed by atoms with van der Waals surface area (Å²) in [5, 5.41) is 27.7. The molecule has 6 nitrogen and oxygen atoms in total. The summed E-state index contributed by atoms with van der Waals surface area (Å²) < 4.78 is 0. The normalized spacial score (nSPS) is 10.8. The Labute approximate surface area is 150 Å². The largest absolute Gasteiger partial charge is 0.494 e. The van der Waals surface area contributed by atoms with Gasteiger partial charge in [-0.1, -0.05) is 42.5 Å². The molecule has 0 atom stereocenters. The number of nitrogens with zero attached hydrogens (tertiary/aromatic N) is 3. The molecule has 3 aromatic rings. The highest BCUT2D eigenvalue weighted by Crippen LogP contribution is 2.35. The molecular weight excluding hydrogens is 328 g/mol. The van der Waals surface area contributed by atoms with Crippen LogP contribution in [0.3, 0.4) is 0 Å². The van der Waals surface area contributed by atoms with Gasteiger partial charge in [-0.25, -0.2) is 0 Å². The van der Waals surface area contributed by atoms with Crippen LogP contribution in [0.4, 0.5) is 11.4 Å². The molecule has 0 aliphatic rings. The van der Waals surface area contributed by atoms with Gasteiger partial charge in [-0.05, 0) is 36.6 Å². The van der Waals surface area contributed by atoms with E-state index in [9.17, 15) is 15.2 Å². The van der Waals surface area contributed by atoms with E-state index in [4.69, 9.17) is 0 Å². The molecule has 6 heteroatoms. The maximum atomic E-state index is 12.4. The average molecular weight is 344 g/mol. The second kappa shape index (κ2) is 7.03. The van der Waals surface area contributed by atoms with Gasteiger partial charge < -0.3 is 5.11 Å². The van der Waals surface area contributed by atoms with Crippen LogP contribution < -0.4 is 5.56 Å². The van der Waals surface area contributed by atoms with Gasteiger partial charge in [0.05, 0.1) is 5.69 Å². The van der Waals surface area contributed by atoms with Crippen LogP contribution in [0.2, 0.25) is 0 Å². The molecule has 0 spiro atoms. The number of aromatic hydroxyl groups is 1. The van der Waals surface area contributed by atoms with E-state index in [0.717, 1.165) is 11.1 Å². The molecule has 0 unspecified atom stereocenters.